The Morgan fingerprint density at radius 2 is 1.44 bits per heavy atom. The summed E-state index contributed by atoms with van der Waals surface area (Å²) >= 11 is 0. The first-order chi connectivity index (χ1) is 13.0. The van der Waals surface area contributed by atoms with Crippen LogP contribution in [0.25, 0.3) is 5.57 Å². The molecule has 0 radical (unpaired) electrons. The van der Waals surface area contributed by atoms with Crippen LogP contribution in [0.1, 0.15) is 16.7 Å². The van der Waals surface area contributed by atoms with Crippen molar-refractivity contribution in [1.82, 2.24) is 4.72 Å². The van der Waals surface area contributed by atoms with Crippen molar-refractivity contribution in [2.45, 2.75) is 11.8 Å². The fraction of sp³-hybridized carbons (Fsp3) is 0.0909. The third kappa shape index (κ3) is 4.57. The zero-order valence-electron chi connectivity index (χ0n) is 15.2. The van der Waals surface area contributed by atoms with Gasteiger partial charge in [0.2, 0.25) is 0 Å². The van der Waals surface area contributed by atoms with E-state index in [0.717, 1.165) is 28.0 Å². The van der Waals surface area contributed by atoms with Crippen LogP contribution in [0, 0.1) is 6.92 Å². The average molecular weight is 379 g/mol. The number of hydrogen-bond donors (Lipinski definition) is 1. The molecular weight excluding hydrogens is 358 g/mol. The van der Waals surface area contributed by atoms with Gasteiger partial charge in [-0.05, 0) is 42.3 Å². The standard InChI is InChI=1S/C22H21NO3S/c1-17-8-14-21(15-9-17)27(24,25)23-16-22(18-6-4-3-5-7-18)19-10-12-20(26-2)13-11-19/h3-16,23H,1-2H3/b22-16+. The molecule has 3 aromatic carbocycles. The highest BCUT2D eigenvalue weighted by molar-refractivity contribution is 7.89. The van der Waals surface area contributed by atoms with Gasteiger partial charge in [-0.1, -0.05) is 60.2 Å². The second kappa shape index (κ2) is 8.10. The summed E-state index contributed by atoms with van der Waals surface area (Å²) in [6.45, 7) is 1.92. The molecule has 0 unspecified atom stereocenters. The third-order valence-corrected chi connectivity index (χ3v) is 5.50. The van der Waals surface area contributed by atoms with Crippen molar-refractivity contribution in [2.75, 3.05) is 7.11 Å². The molecule has 0 fully saturated rings. The molecule has 3 rings (SSSR count). The maximum absolute atomic E-state index is 12.6. The molecule has 4 nitrogen and oxygen atoms in total. The second-order valence-electron chi connectivity index (χ2n) is 6.09. The number of benzene rings is 3. The van der Waals surface area contributed by atoms with Gasteiger partial charge in [-0.3, -0.25) is 4.72 Å². The number of rotatable bonds is 6. The van der Waals surface area contributed by atoms with E-state index >= 15 is 0 Å². The molecule has 5 heteroatoms. The largest absolute Gasteiger partial charge is 0.497 e. The predicted octanol–water partition coefficient (Wildman–Crippen LogP) is 4.37. The van der Waals surface area contributed by atoms with Crippen LogP contribution in [-0.2, 0) is 10.0 Å². The predicted molar refractivity (Wildman–Crippen MR) is 108 cm³/mol. The van der Waals surface area contributed by atoms with Gasteiger partial charge < -0.3 is 4.74 Å². The highest BCUT2D eigenvalue weighted by atomic mass is 32.2. The van der Waals surface area contributed by atoms with Crippen molar-refractivity contribution in [3.8, 4) is 5.75 Å². The molecule has 0 bridgehead atoms. The van der Waals surface area contributed by atoms with Crippen molar-refractivity contribution < 1.29 is 13.2 Å². The molecule has 1 N–H and O–H groups in total. The number of sulfonamides is 1. The van der Waals surface area contributed by atoms with Crippen LogP contribution < -0.4 is 9.46 Å². The molecule has 0 spiro atoms. The monoisotopic (exact) mass is 379 g/mol. The molecule has 0 saturated heterocycles. The lowest BCUT2D eigenvalue weighted by molar-refractivity contribution is 0.415. The van der Waals surface area contributed by atoms with Gasteiger partial charge in [0.1, 0.15) is 5.75 Å². The second-order valence-corrected chi connectivity index (χ2v) is 7.80. The molecular formula is C22H21NO3S. The topological polar surface area (TPSA) is 55.4 Å². The Kier molecular flexibility index (Phi) is 5.62. The average Bonchev–Trinajstić information content (AvgIpc) is 2.70. The van der Waals surface area contributed by atoms with Gasteiger partial charge in [0, 0.05) is 11.8 Å². The van der Waals surface area contributed by atoms with E-state index in [4.69, 9.17) is 4.74 Å². The summed E-state index contributed by atoms with van der Waals surface area (Å²) in [4.78, 5) is 0.228. The van der Waals surface area contributed by atoms with E-state index in [-0.39, 0.29) is 4.90 Å². The van der Waals surface area contributed by atoms with Crippen LogP contribution in [0.5, 0.6) is 5.75 Å². The summed E-state index contributed by atoms with van der Waals surface area (Å²) < 4.78 is 33.1. The van der Waals surface area contributed by atoms with E-state index in [1.54, 1.807) is 31.4 Å². The Hall–Kier alpha value is -3.05. The van der Waals surface area contributed by atoms with Crippen molar-refractivity contribution in [2.24, 2.45) is 0 Å². The van der Waals surface area contributed by atoms with Crippen LogP contribution in [0.4, 0.5) is 0 Å². The first-order valence-corrected chi connectivity index (χ1v) is 9.97. The number of ether oxygens (including phenoxy) is 1. The third-order valence-electron chi connectivity index (χ3n) is 4.18. The van der Waals surface area contributed by atoms with Crippen molar-refractivity contribution in [3.63, 3.8) is 0 Å². The van der Waals surface area contributed by atoms with Gasteiger partial charge in [0.15, 0.2) is 0 Å². The smallest absolute Gasteiger partial charge is 0.261 e. The molecule has 27 heavy (non-hydrogen) atoms. The Bertz CT molecular complexity index is 1020. The number of nitrogens with one attached hydrogen (secondary N) is 1. The molecule has 138 valence electrons. The van der Waals surface area contributed by atoms with E-state index in [0.29, 0.717) is 0 Å². The number of hydrogen-bond acceptors (Lipinski definition) is 3. The van der Waals surface area contributed by atoms with E-state index in [2.05, 4.69) is 4.72 Å². The molecule has 3 aromatic rings. The van der Waals surface area contributed by atoms with E-state index in [1.165, 1.54) is 6.20 Å². The van der Waals surface area contributed by atoms with Gasteiger partial charge in [0.25, 0.3) is 10.0 Å². The summed E-state index contributed by atoms with van der Waals surface area (Å²) in [5, 5.41) is 0. The fourth-order valence-corrected chi connectivity index (χ4v) is 3.55. The van der Waals surface area contributed by atoms with Gasteiger partial charge in [-0.25, -0.2) is 8.42 Å². The molecule has 0 aromatic heterocycles. The maximum Gasteiger partial charge on any atom is 0.261 e. The van der Waals surface area contributed by atoms with Gasteiger partial charge in [-0.2, -0.15) is 0 Å². The minimum absolute atomic E-state index is 0.228. The molecule has 0 aliphatic heterocycles. The molecule has 0 aliphatic rings. The Morgan fingerprint density at radius 3 is 2.04 bits per heavy atom. The van der Waals surface area contributed by atoms with Crippen LogP contribution >= 0.6 is 0 Å². The van der Waals surface area contributed by atoms with E-state index in [9.17, 15) is 8.42 Å². The van der Waals surface area contributed by atoms with Crippen LogP contribution in [0.2, 0.25) is 0 Å². The van der Waals surface area contributed by atoms with Gasteiger partial charge >= 0.3 is 0 Å². The maximum atomic E-state index is 12.6. The van der Waals surface area contributed by atoms with Gasteiger partial charge in [-0.15, -0.1) is 0 Å². The Morgan fingerprint density at radius 1 is 0.852 bits per heavy atom. The molecule has 0 atom stereocenters. The Balaban J connectivity index is 1.98. The zero-order valence-corrected chi connectivity index (χ0v) is 16.0. The molecule has 0 aliphatic carbocycles. The quantitative estimate of drug-likeness (QED) is 0.692. The lowest BCUT2D eigenvalue weighted by atomic mass is 9.99. The van der Waals surface area contributed by atoms with E-state index < -0.39 is 10.0 Å². The zero-order chi connectivity index (χ0) is 19.3. The lowest BCUT2D eigenvalue weighted by Crippen LogP contribution is -2.18. The van der Waals surface area contributed by atoms with Crippen molar-refractivity contribution >= 4 is 15.6 Å². The number of aryl methyl sites for hydroxylation is 1. The molecule has 0 heterocycles. The van der Waals surface area contributed by atoms with Crippen LogP contribution in [0.3, 0.4) is 0 Å². The fourth-order valence-electron chi connectivity index (χ4n) is 2.64. The SMILES string of the molecule is COc1ccc(/C(=C/NS(=O)(=O)c2ccc(C)cc2)c2ccccc2)cc1. The summed E-state index contributed by atoms with van der Waals surface area (Å²) in [7, 11) is -2.04. The van der Waals surface area contributed by atoms with Crippen LogP contribution in [-0.4, -0.2) is 15.5 Å². The van der Waals surface area contributed by atoms with Crippen molar-refractivity contribution in [1.29, 1.82) is 0 Å². The molecule has 0 saturated carbocycles. The highest BCUT2D eigenvalue weighted by Crippen LogP contribution is 2.25. The highest BCUT2D eigenvalue weighted by Gasteiger charge is 2.13. The van der Waals surface area contributed by atoms with Crippen molar-refractivity contribution in [3.05, 3.63) is 102 Å². The Labute approximate surface area is 160 Å². The minimum atomic E-state index is -3.65. The first-order valence-electron chi connectivity index (χ1n) is 8.48. The van der Waals surface area contributed by atoms with E-state index in [1.807, 2.05) is 61.5 Å². The summed E-state index contributed by atoms with van der Waals surface area (Å²) in [5.74, 6) is 0.742. The van der Waals surface area contributed by atoms with Crippen LogP contribution in [0.15, 0.2) is 90.0 Å². The summed E-state index contributed by atoms with van der Waals surface area (Å²) in [5.41, 5.74) is 3.57. The minimum Gasteiger partial charge on any atom is -0.497 e. The van der Waals surface area contributed by atoms with Gasteiger partial charge in [0.05, 0.1) is 12.0 Å². The first kappa shape index (κ1) is 18.7. The lowest BCUT2D eigenvalue weighted by Gasteiger charge is -2.11. The molecule has 0 amide bonds. The summed E-state index contributed by atoms with van der Waals surface area (Å²) in [6, 6.07) is 23.9. The number of methoxy groups -OCH3 is 1. The summed E-state index contributed by atoms with van der Waals surface area (Å²) in [6.07, 6.45) is 1.53. The normalized spacial score (nSPS) is 11.9.